The van der Waals surface area contributed by atoms with Gasteiger partial charge in [0, 0.05) is 56.5 Å². The highest BCUT2D eigenvalue weighted by Crippen LogP contribution is 2.20. The van der Waals surface area contributed by atoms with Crippen molar-refractivity contribution in [1.29, 1.82) is 0 Å². The first-order chi connectivity index (χ1) is 12.5. The number of nitrogens with zero attached hydrogens (tertiary/aromatic N) is 4. The quantitative estimate of drug-likeness (QED) is 0.598. The van der Waals surface area contributed by atoms with E-state index in [1.54, 1.807) is 17.9 Å². The maximum Gasteiger partial charge on any atom is 0.320 e. The van der Waals surface area contributed by atoms with Crippen molar-refractivity contribution in [2.45, 2.75) is 26.2 Å². The minimum absolute atomic E-state index is 0.0125. The van der Waals surface area contributed by atoms with Gasteiger partial charge in [-0.2, -0.15) is 0 Å². The van der Waals surface area contributed by atoms with Gasteiger partial charge in [-0.25, -0.2) is 4.79 Å². The van der Waals surface area contributed by atoms with Crippen molar-refractivity contribution in [3.05, 3.63) is 39.4 Å². The third-order valence-corrected chi connectivity index (χ3v) is 5.10. The van der Waals surface area contributed by atoms with E-state index >= 15 is 0 Å². The molecule has 140 valence electrons. The normalized spacial score (nSPS) is 18.0. The largest absolute Gasteiger partial charge is 0.335 e. The third kappa shape index (κ3) is 3.79. The van der Waals surface area contributed by atoms with Gasteiger partial charge >= 0.3 is 6.03 Å². The second-order valence-electron chi connectivity index (χ2n) is 6.87. The van der Waals surface area contributed by atoms with E-state index < -0.39 is 4.92 Å². The Balaban J connectivity index is 1.59. The number of urea groups is 1. The number of benzene rings is 1. The highest BCUT2D eigenvalue weighted by atomic mass is 16.6. The van der Waals surface area contributed by atoms with Crippen LogP contribution in [0.4, 0.5) is 10.5 Å². The van der Waals surface area contributed by atoms with E-state index in [2.05, 4.69) is 0 Å². The number of carbonyl (C=O) groups is 2. The van der Waals surface area contributed by atoms with Crippen molar-refractivity contribution in [3.8, 4) is 0 Å². The molecule has 2 saturated heterocycles. The van der Waals surface area contributed by atoms with Gasteiger partial charge in [-0.1, -0.05) is 0 Å². The molecule has 0 radical (unpaired) electrons. The van der Waals surface area contributed by atoms with Crippen molar-refractivity contribution in [2.75, 3.05) is 39.3 Å². The Kier molecular flexibility index (Phi) is 5.39. The van der Waals surface area contributed by atoms with E-state index in [1.165, 1.54) is 18.6 Å². The predicted octanol–water partition coefficient (Wildman–Crippen LogP) is 2.27. The number of rotatable bonds is 2. The molecule has 0 saturated carbocycles. The summed E-state index contributed by atoms with van der Waals surface area (Å²) in [7, 11) is 0. The molecule has 0 bridgehead atoms. The second kappa shape index (κ2) is 7.72. The average molecular weight is 360 g/mol. The van der Waals surface area contributed by atoms with Crippen LogP contribution in [0.15, 0.2) is 18.2 Å². The Morgan fingerprint density at radius 3 is 2.08 bits per heavy atom. The smallest absolute Gasteiger partial charge is 0.320 e. The van der Waals surface area contributed by atoms with Gasteiger partial charge in [0.25, 0.3) is 11.6 Å². The Labute approximate surface area is 152 Å². The number of likely N-dealkylation sites (tertiary alicyclic amines) is 1. The lowest BCUT2D eigenvalue weighted by Crippen LogP contribution is -2.54. The molecule has 2 aliphatic rings. The summed E-state index contributed by atoms with van der Waals surface area (Å²) >= 11 is 0. The molecule has 8 nitrogen and oxygen atoms in total. The van der Waals surface area contributed by atoms with Crippen LogP contribution in [0.1, 0.15) is 35.2 Å². The van der Waals surface area contributed by atoms with Crippen molar-refractivity contribution in [2.24, 2.45) is 0 Å². The Morgan fingerprint density at radius 2 is 1.50 bits per heavy atom. The number of nitro benzene ring substituents is 1. The van der Waals surface area contributed by atoms with E-state index in [4.69, 9.17) is 0 Å². The van der Waals surface area contributed by atoms with Crippen LogP contribution >= 0.6 is 0 Å². The summed E-state index contributed by atoms with van der Waals surface area (Å²) < 4.78 is 0. The van der Waals surface area contributed by atoms with Gasteiger partial charge in [0.15, 0.2) is 0 Å². The molecule has 1 aromatic rings. The van der Waals surface area contributed by atoms with Crippen LogP contribution in [0.3, 0.4) is 0 Å². The van der Waals surface area contributed by atoms with Gasteiger partial charge in [0.05, 0.1) is 4.92 Å². The molecule has 3 amide bonds. The molecule has 0 unspecified atom stereocenters. The van der Waals surface area contributed by atoms with Crippen molar-refractivity contribution in [1.82, 2.24) is 14.7 Å². The molecule has 0 N–H and O–H groups in total. The summed E-state index contributed by atoms with van der Waals surface area (Å²) in [5, 5.41) is 10.9. The molecule has 0 aromatic heterocycles. The van der Waals surface area contributed by atoms with Crippen LogP contribution in [0.25, 0.3) is 0 Å². The highest BCUT2D eigenvalue weighted by Gasteiger charge is 2.28. The van der Waals surface area contributed by atoms with Crippen LogP contribution in [0.2, 0.25) is 0 Å². The van der Waals surface area contributed by atoms with Gasteiger partial charge in [-0.05, 0) is 38.3 Å². The molecule has 0 atom stereocenters. The molecular formula is C18H24N4O4. The van der Waals surface area contributed by atoms with Crippen LogP contribution in [0, 0.1) is 17.0 Å². The first-order valence-electron chi connectivity index (χ1n) is 9.05. The lowest BCUT2D eigenvalue weighted by atomic mass is 10.1. The van der Waals surface area contributed by atoms with Gasteiger partial charge in [-0.3, -0.25) is 14.9 Å². The SMILES string of the molecule is Cc1cc(C(=O)N2CCN(C(=O)N3CCCCC3)CC2)ccc1[N+](=O)[O-]. The van der Waals surface area contributed by atoms with Crippen LogP contribution < -0.4 is 0 Å². The van der Waals surface area contributed by atoms with E-state index in [1.807, 2.05) is 9.80 Å². The maximum atomic E-state index is 12.7. The van der Waals surface area contributed by atoms with Crippen molar-refractivity contribution >= 4 is 17.6 Å². The van der Waals surface area contributed by atoms with Gasteiger partial charge < -0.3 is 14.7 Å². The molecule has 26 heavy (non-hydrogen) atoms. The number of piperidine rings is 1. The number of piperazine rings is 1. The number of nitro groups is 1. The van der Waals surface area contributed by atoms with E-state index in [0.29, 0.717) is 37.3 Å². The summed E-state index contributed by atoms with van der Waals surface area (Å²) in [5.74, 6) is -0.145. The zero-order valence-corrected chi connectivity index (χ0v) is 15.0. The standard InChI is InChI=1S/C18H24N4O4/c1-14-13-15(5-6-16(14)22(25)26)17(23)19-9-11-21(12-10-19)18(24)20-7-3-2-4-8-20/h5-6,13H,2-4,7-12H2,1H3. The first-order valence-corrected chi connectivity index (χ1v) is 9.05. The molecular weight excluding hydrogens is 336 g/mol. The minimum atomic E-state index is -0.450. The fourth-order valence-electron chi connectivity index (χ4n) is 3.56. The number of carbonyl (C=O) groups excluding carboxylic acids is 2. The fourth-order valence-corrected chi connectivity index (χ4v) is 3.56. The maximum absolute atomic E-state index is 12.7. The van der Waals surface area contributed by atoms with E-state index in [9.17, 15) is 19.7 Å². The van der Waals surface area contributed by atoms with Gasteiger partial charge in [-0.15, -0.1) is 0 Å². The molecule has 0 aliphatic carbocycles. The van der Waals surface area contributed by atoms with Crippen molar-refractivity contribution < 1.29 is 14.5 Å². The average Bonchev–Trinajstić information content (AvgIpc) is 2.67. The minimum Gasteiger partial charge on any atom is -0.335 e. The predicted molar refractivity (Wildman–Crippen MR) is 96.1 cm³/mol. The first kappa shape index (κ1) is 18.2. The summed E-state index contributed by atoms with van der Waals surface area (Å²) in [6.45, 7) is 5.27. The molecule has 2 aliphatic heterocycles. The monoisotopic (exact) mass is 360 g/mol. The Morgan fingerprint density at radius 1 is 0.923 bits per heavy atom. The summed E-state index contributed by atoms with van der Waals surface area (Å²) in [4.78, 5) is 41.1. The number of hydrogen-bond acceptors (Lipinski definition) is 4. The lowest BCUT2D eigenvalue weighted by molar-refractivity contribution is -0.385. The Hall–Kier alpha value is -2.64. The van der Waals surface area contributed by atoms with E-state index in [-0.39, 0.29) is 17.6 Å². The molecule has 3 rings (SSSR count). The molecule has 8 heteroatoms. The second-order valence-corrected chi connectivity index (χ2v) is 6.87. The molecule has 2 fully saturated rings. The van der Waals surface area contributed by atoms with Crippen LogP contribution in [-0.2, 0) is 0 Å². The third-order valence-electron chi connectivity index (χ3n) is 5.10. The fraction of sp³-hybridized carbons (Fsp3) is 0.556. The molecule has 2 heterocycles. The molecule has 1 aromatic carbocycles. The number of amides is 3. The lowest BCUT2D eigenvalue weighted by Gasteiger charge is -2.38. The highest BCUT2D eigenvalue weighted by molar-refractivity contribution is 5.95. The zero-order valence-electron chi connectivity index (χ0n) is 15.0. The summed E-state index contributed by atoms with van der Waals surface area (Å²) in [6, 6.07) is 4.51. The number of aryl methyl sites for hydroxylation is 1. The van der Waals surface area contributed by atoms with Gasteiger partial charge in [0.1, 0.15) is 0 Å². The van der Waals surface area contributed by atoms with Gasteiger partial charge in [0.2, 0.25) is 0 Å². The Bertz CT molecular complexity index is 707. The summed E-state index contributed by atoms with van der Waals surface area (Å²) in [6.07, 6.45) is 3.30. The molecule has 0 spiro atoms. The summed E-state index contributed by atoms with van der Waals surface area (Å²) in [5.41, 5.74) is 0.933. The van der Waals surface area contributed by atoms with Crippen molar-refractivity contribution in [3.63, 3.8) is 0 Å². The number of hydrogen-bond donors (Lipinski definition) is 0. The zero-order chi connectivity index (χ0) is 18.7. The van der Waals surface area contributed by atoms with Crippen LogP contribution in [0.5, 0.6) is 0 Å². The van der Waals surface area contributed by atoms with Crippen LogP contribution in [-0.4, -0.2) is 70.8 Å². The van der Waals surface area contributed by atoms with E-state index in [0.717, 1.165) is 25.9 Å². The topological polar surface area (TPSA) is 87.0 Å².